The van der Waals surface area contributed by atoms with Gasteiger partial charge in [0.25, 0.3) is 0 Å². The van der Waals surface area contributed by atoms with E-state index in [-0.39, 0.29) is 11.3 Å². The molecule has 0 spiro atoms. The van der Waals surface area contributed by atoms with Gasteiger partial charge in [0, 0.05) is 18.3 Å². The summed E-state index contributed by atoms with van der Waals surface area (Å²) < 4.78 is 0. The number of hydrogen-bond donors (Lipinski definition) is 1. The number of amides is 1. The van der Waals surface area contributed by atoms with E-state index in [9.17, 15) is 4.79 Å². The van der Waals surface area contributed by atoms with E-state index in [1.54, 1.807) is 0 Å². The summed E-state index contributed by atoms with van der Waals surface area (Å²) in [5.74, 6) is 0.209. The van der Waals surface area contributed by atoms with Crippen LogP contribution >= 0.6 is 15.9 Å². The molecule has 96 valence electrons. The van der Waals surface area contributed by atoms with Crippen LogP contribution in [-0.2, 0) is 4.79 Å². The molecule has 0 radical (unpaired) electrons. The Hall–Kier alpha value is -0.0500. The van der Waals surface area contributed by atoms with Crippen LogP contribution in [0.15, 0.2) is 0 Å². The molecule has 0 saturated heterocycles. The molecule has 0 rings (SSSR count). The summed E-state index contributed by atoms with van der Waals surface area (Å²) in [7, 11) is 0. The predicted molar refractivity (Wildman–Crippen MR) is 74.0 cm³/mol. The van der Waals surface area contributed by atoms with Crippen molar-refractivity contribution in [1.29, 1.82) is 0 Å². The normalized spacial score (nSPS) is 11.5. The molecule has 0 aromatic carbocycles. The second-order valence-electron chi connectivity index (χ2n) is 5.19. The van der Waals surface area contributed by atoms with Crippen molar-refractivity contribution in [2.75, 3.05) is 11.9 Å². The first-order valence-corrected chi connectivity index (χ1v) is 7.46. The molecule has 0 aliphatic rings. The first-order chi connectivity index (χ1) is 7.52. The highest BCUT2D eigenvalue weighted by Crippen LogP contribution is 2.21. The number of halogens is 1. The summed E-state index contributed by atoms with van der Waals surface area (Å²) in [6, 6.07) is 0. The summed E-state index contributed by atoms with van der Waals surface area (Å²) in [5, 5.41) is 4.08. The summed E-state index contributed by atoms with van der Waals surface area (Å²) in [6.07, 6.45) is 6.34. The van der Waals surface area contributed by atoms with Crippen LogP contribution in [0.1, 0.15) is 59.3 Å². The standard InChI is InChI=1S/C13H26BrNO/c1-4-5-6-8-12(16)15-11-13(2,3)9-7-10-14/h4-11H2,1-3H3,(H,15,16). The van der Waals surface area contributed by atoms with Gasteiger partial charge in [0.15, 0.2) is 0 Å². The number of unbranched alkanes of at least 4 members (excludes halogenated alkanes) is 2. The van der Waals surface area contributed by atoms with E-state index in [1.807, 2.05) is 0 Å². The lowest BCUT2D eigenvalue weighted by Crippen LogP contribution is -2.33. The predicted octanol–water partition coefficient (Wildman–Crippen LogP) is 3.88. The van der Waals surface area contributed by atoms with Crippen LogP contribution in [0.3, 0.4) is 0 Å². The van der Waals surface area contributed by atoms with E-state index >= 15 is 0 Å². The molecule has 0 aromatic heterocycles. The maximum absolute atomic E-state index is 11.5. The average Bonchev–Trinajstić information content (AvgIpc) is 2.24. The molecule has 0 atom stereocenters. The topological polar surface area (TPSA) is 29.1 Å². The number of nitrogens with one attached hydrogen (secondary N) is 1. The molecule has 1 N–H and O–H groups in total. The van der Waals surface area contributed by atoms with Gasteiger partial charge in [0.05, 0.1) is 0 Å². The Balaban J connectivity index is 3.64. The minimum atomic E-state index is 0.209. The van der Waals surface area contributed by atoms with Crippen LogP contribution in [-0.4, -0.2) is 17.8 Å². The molecule has 1 amide bonds. The Bertz CT molecular complexity index is 192. The Morgan fingerprint density at radius 3 is 2.50 bits per heavy atom. The number of hydrogen-bond acceptors (Lipinski definition) is 1. The van der Waals surface area contributed by atoms with Gasteiger partial charge >= 0.3 is 0 Å². The van der Waals surface area contributed by atoms with Crippen LogP contribution in [0, 0.1) is 5.41 Å². The largest absolute Gasteiger partial charge is 0.356 e. The monoisotopic (exact) mass is 291 g/mol. The van der Waals surface area contributed by atoms with Crippen molar-refractivity contribution < 1.29 is 4.79 Å². The number of rotatable bonds is 9. The summed E-state index contributed by atoms with van der Waals surface area (Å²) >= 11 is 3.44. The second kappa shape index (κ2) is 9.03. The molecule has 2 nitrogen and oxygen atoms in total. The van der Waals surface area contributed by atoms with Gasteiger partial charge in [-0.05, 0) is 24.7 Å². The van der Waals surface area contributed by atoms with Gasteiger partial charge in [0.1, 0.15) is 0 Å². The highest BCUT2D eigenvalue weighted by molar-refractivity contribution is 9.09. The van der Waals surface area contributed by atoms with Crippen LogP contribution in [0.4, 0.5) is 0 Å². The zero-order valence-electron chi connectivity index (χ0n) is 10.9. The zero-order valence-corrected chi connectivity index (χ0v) is 12.5. The molecular weight excluding hydrogens is 266 g/mol. The molecular formula is C13H26BrNO. The molecule has 0 bridgehead atoms. The van der Waals surface area contributed by atoms with E-state index in [0.717, 1.165) is 31.1 Å². The number of carbonyl (C=O) groups is 1. The van der Waals surface area contributed by atoms with Crippen LogP contribution in [0.2, 0.25) is 0 Å². The van der Waals surface area contributed by atoms with Gasteiger partial charge in [0.2, 0.25) is 5.91 Å². The van der Waals surface area contributed by atoms with Crippen LogP contribution < -0.4 is 5.32 Å². The van der Waals surface area contributed by atoms with Crippen molar-refractivity contribution >= 4 is 21.8 Å². The first kappa shape index (κ1) is 16.0. The first-order valence-electron chi connectivity index (χ1n) is 6.34. The zero-order chi connectivity index (χ0) is 12.4. The highest BCUT2D eigenvalue weighted by atomic mass is 79.9. The minimum absolute atomic E-state index is 0.209. The van der Waals surface area contributed by atoms with Gasteiger partial charge in [-0.1, -0.05) is 49.5 Å². The van der Waals surface area contributed by atoms with E-state index < -0.39 is 0 Å². The molecule has 16 heavy (non-hydrogen) atoms. The fraction of sp³-hybridized carbons (Fsp3) is 0.923. The van der Waals surface area contributed by atoms with Gasteiger partial charge in [-0.15, -0.1) is 0 Å². The molecule has 0 aliphatic heterocycles. The van der Waals surface area contributed by atoms with Gasteiger partial charge in [-0.2, -0.15) is 0 Å². The maximum Gasteiger partial charge on any atom is 0.220 e. The van der Waals surface area contributed by atoms with Crippen molar-refractivity contribution in [1.82, 2.24) is 5.32 Å². The maximum atomic E-state index is 11.5. The van der Waals surface area contributed by atoms with Crippen molar-refractivity contribution in [3.63, 3.8) is 0 Å². The van der Waals surface area contributed by atoms with Crippen LogP contribution in [0.5, 0.6) is 0 Å². The number of alkyl halides is 1. The summed E-state index contributed by atoms with van der Waals surface area (Å²) in [6.45, 7) is 7.37. The third-order valence-electron chi connectivity index (χ3n) is 2.76. The fourth-order valence-electron chi connectivity index (χ4n) is 1.60. The molecule has 0 heterocycles. The lowest BCUT2D eigenvalue weighted by atomic mass is 9.88. The molecule has 0 unspecified atom stereocenters. The van der Waals surface area contributed by atoms with Crippen LogP contribution in [0.25, 0.3) is 0 Å². The quantitative estimate of drug-likeness (QED) is 0.507. The van der Waals surface area contributed by atoms with E-state index in [1.165, 1.54) is 12.8 Å². The Morgan fingerprint density at radius 1 is 1.25 bits per heavy atom. The molecule has 0 aromatic rings. The average molecular weight is 292 g/mol. The van der Waals surface area contributed by atoms with E-state index in [2.05, 4.69) is 42.0 Å². The fourth-order valence-corrected chi connectivity index (χ4v) is 1.88. The van der Waals surface area contributed by atoms with Crippen molar-refractivity contribution in [2.24, 2.45) is 5.41 Å². The Kier molecular flexibility index (Phi) is 9.00. The number of carbonyl (C=O) groups excluding carboxylic acids is 1. The summed E-state index contributed by atoms with van der Waals surface area (Å²) in [4.78, 5) is 11.5. The van der Waals surface area contributed by atoms with E-state index in [0.29, 0.717) is 6.42 Å². The van der Waals surface area contributed by atoms with Crippen molar-refractivity contribution in [3.8, 4) is 0 Å². The smallest absolute Gasteiger partial charge is 0.220 e. The molecule has 0 aliphatic carbocycles. The van der Waals surface area contributed by atoms with Gasteiger partial charge in [-0.25, -0.2) is 0 Å². The molecule has 3 heteroatoms. The summed E-state index contributed by atoms with van der Waals surface area (Å²) in [5.41, 5.74) is 0.216. The lowest BCUT2D eigenvalue weighted by molar-refractivity contribution is -0.121. The third-order valence-corrected chi connectivity index (χ3v) is 3.32. The Labute approximate surface area is 109 Å². The molecule has 0 saturated carbocycles. The van der Waals surface area contributed by atoms with E-state index in [4.69, 9.17) is 0 Å². The SMILES string of the molecule is CCCCCC(=O)NCC(C)(C)CCCBr. The minimum Gasteiger partial charge on any atom is -0.356 e. The van der Waals surface area contributed by atoms with Crippen molar-refractivity contribution in [3.05, 3.63) is 0 Å². The lowest BCUT2D eigenvalue weighted by Gasteiger charge is -2.24. The third kappa shape index (κ3) is 9.20. The molecule has 0 fully saturated rings. The van der Waals surface area contributed by atoms with Gasteiger partial charge in [-0.3, -0.25) is 4.79 Å². The second-order valence-corrected chi connectivity index (χ2v) is 5.98. The van der Waals surface area contributed by atoms with Crippen molar-refractivity contribution in [2.45, 2.75) is 59.3 Å². The highest BCUT2D eigenvalue weighted by Gasteiger charge is 2.17. The Morgan fingerprint density at radius 2 is 1.94 bits per heavy atom. The van der Waals surface area contributed by atoms with Gasteiger partial charge < -0.3 is 5.32 Å².